The summed E-state index contributed by atoms with van der Waals surface area (Å²) in [5, 5.41) is 0. The average Bonchev–Trinajstić information content (AvgIpc) is 2.77. The fraction of sp³-hybridized carbons (Fsp3) is 0.0909. The molecule has 0 spiro atoms. The van der Waals surface area contributed by atoms with Gasteiger partial charge in [0.2, 0.25) is 0 Å². The van der Waals surface area contributed by atoms with Crippen molar-refractivity contribution in [2.75, 3.05) is 13.7 Å². The lowest BCUT2D eigenvalue weighted by Gasteiger charge is -2.11. The summed E-state index contributed by atoms with van der Waals surface area (Å²) in [4.78, 5) is 24.2. The number of amides is 2. The predicted molar refractivity (Wildman–Crippen MR) is 114 cm³/mol. The summed E-state index contributed by atoms with van der Waals surface area (Å²) in [6, 6.07) is 22.4. The Labute approximate surface area is 176 Å². The number of hydrogen-bond donors (Lipinski definition) is 2. The van der Waals surface area contributed by atoms with Crippen molar-refractivity contribution < 1.29 is 19.1 Å². The van der Waals surface area contributed by atoms with E-state index in [2.05, 4.69) is 26.8 Å². The first-order valence-corrected chi connectivity index (χ1v) is 9.57. The molecule has 0 fully saturated rings. The van der Waals surface area contributed by atoms with Gasteiger partial charge in [-0.2, -0.15) is 0 Å². The van der Waals surface area contributed by atoms with E-state index in [9.17, 15) is 9.59 Å². The smallest absolute Gasteiger partial charge is 0.276 e. The average molecular weight is 455 g/mol. The van der Waals surface area contributed by atoms with Gasteiger partial charge in [0.15, 0.2) is 6.61 Å². The summed E-state index contributed by atoms with van der Waals surface area (Å²) in [6.45, 7) is -0.236. The maximum Gasteiger partial charge on any atom is 0.276 e. The molecule has 0 aliphatic rings. The molecule has 0 saturated heterocycles. The molecule has 2 N–H and O–H groups in total. The lowest BCUT2D eigenvalue weighted by molar-refractivity contribution is -0.123. The Hall–Kier alpha value is -3.32. The van der Waals surface area contributed by atoms with Crippen LogP contribution in [0.25, 0.3) is 11.1 Å². The Bertz CT molecular complexity index is 991. The first-order chi connectivity index (χ1) is 14.1. The molecule has 2 amide bonds. The van der Waals surface area contributed by atoms with Gasteiger partial charge in [-0.05, 0) is 41.5 Å². The van der Waals surface area contributed by atoms with E-state index < -0.39 is 11.8 Å². The highest BCUT2D eigenvalue weighted by Gasteiger charge is 2.14. The molecule has 0 saturated carbocycles. The van der Waals surface area contributed by atoms with Crippen LogP contribution < -0.4 is 20.3 Å². The fourth-order valence-corrected chi connectivity index (χ4v) is 2.97. The first-order valence-electron chi connectivity index (χ1n) is 8.78. The minimum absolute atomic E-state index is 0.236. The van der Waals surface area contributed by atoms with Gasteiger partial charge in [-0.1, -0.05) is 58.4 Å². The van der Waals surface area contributed by atoms with E-state index >= 15 is 0 Å². The lowest BCUT2D eigenvalue weighted by atomic mass is 10.1. The van der Waals surface area contributed by atoms with Gasteiger partial charge in [0, 0.05) is 4.47 Å². The summed E-state index contributed by atoms with van der Waals surface area (Å²) in [5.41, 5.74) is 7.12. The second-order valence-corrected chi connectivity index (χ2v) is 6.94. The zero-order valence-electron chi connectivity index (χ0n) is 15.6. The molecule has 0 heterocycles. The van der Waals surface area contributed by atoms with Crippen molar-refractivity contribution in [3.8, 4) is 22.6 Å². The standard InChI is InChI=1S/C22H19BrN2O4/c1-28-20-12-9-17(23)13-19(20)22(27)25-24-21(26)14-29-18-10-7-16(8-11-18)15-5-3-2-4-6-15/h2-13H,14H2,1H3,(H,24,26)(H,25,27). The van der Waals surface area contributed by atoms with Crippen LogP contribution in [0.4, 0.5) is 0 Å². The van der Waals surface area contributed by atoms with Gasteiger partial charge in [-0.3, -0.25) is 20.4 Å². The molecule has 148 valence electrons. The predicted octanol–water partition coefficient (Wildman–Crippen LogP) is 3.96. The molecule has 0 unspecified atom stereocenters. The fourth-order valence-electron chi connectivity index (χ4n) is 2.61. The van der Waals surface area contributed by atoms with Crippen molar-refractivity contribution >= 4 is 27.7 Å². The number of nitrogens with one attached hydrogen (secondary N) is 2. The zero-order chi connectivity index (χ0) is 20.6. The van der Waals surface area contributed by atoms with E-state index in [1.807, 2.05) is 42.5 Å². The highest BCUT2D eigenvalue weighted by Crippen LogP contribution is 2.23. The van der Waals surface area contributed by atoms with E-state index in [1.54, 1.807) is 30.3 Å². The lowest BCUT2D eigenvalue weighted by Crippen LogP contribution is -2.43. The summed E-state index contributed by atoms with van der Waals surface area (Å²) in [5.74, 6) is -0.0299. The van der Waals surface area contributed by atoms with Gasteiger partial charge in [0.25, 0.3) is 11.8 Å². The molecular weight excluding hydrogens is 436 g/mol. The normalized spacial score (nSPS) is 10.1. The van der Waals surface area contributed by atoms with Gasteiger partial charge >= 0.3 is 0 Å². The number of ether oxygens (including phenoxy) is 2. The third-order valence-corrected chi connectivity index (χ3v) is 4.55. The third kappa shape index (κ3) is 5.58. The van der Waals surface area contributed by atoms with Gasteiger partial charge in [-0.25, -0.2) is 0 Å². The third-order valence-electron chi connectivity index (χ3n) is 4.05. The van der Waals surface area contributed by atoms with Crippen molar-refractivity contribution in [1.29, 1.82) is 0 Å². The maximum atomic E-state index is 12.3. The molecule has 3 rings (SSSR count). The molecule has 0 bridgehead atoms. The van der Waals surface area contributed by atoms with Crippen molar-refractivity contribution in [3.63, 3.8) is 0 Å². The number of hydrogen-bond acceptors (Lipinski definition) is 4. The van der Waals surface area contributed by atoms with Gasteiger partial charge in [0.1, 0.15) is 11.5 Å². The number of hydrazine groups is 1. The van der Waals surface area contributed by atoms with Crippen LogP contribution in [-0.2, 0) is 4.79 Å². The molecule has 6 nitrogen and oxygen atoms in total. The second kappa shape index (κ2) is 9.75. The van der Waals surface area contributed by atoms with Crippen molar-refractivity contribution in [1.82, 2.24) is 10.9 Å². The number of carbonyl (C=O) groups excluding carboxylic acids is 2. The van der Waals surface area contributed by atoms with Gasteiger partial charge in [0.05, 0.1) is 12.7 Å². The van der Waals surface area contributed by atoms with Crippen LogP contribution in [0.1, 0.15) is 10.4 Å². The minimum Gasteiger partial charge on any atom is -0.496 e. The molecule has 29 heavy (non-hydrogen) atoms. The summed E-state index contributed by atoms with van der Waals surface area (Å²) < 4.78 is 11.3. The highest BCUT2D eigenvalue weighted by molar-refractivity contribution is 9.10. The Balaban J connectivity index is 1.50. The molecule has 0 aromatic heterocycles. The Morgan fingerprint density at radius 3 is 2.28 bits per heavy atom. The van der Waals surface area contributed by atoms with Gasteiger partial charge in [-0.15, -0.1) is 0 Å². The van der Waals surface area contributed by atoms with Crippen LogP contribution in [0.3, 0.4) is 0 Å². The van der Waals surface area contributed by atoms with Crippen LogP contribution in [0.2, 0.25) is 0 Å². The second-order valence-electron chi connectivity index (χ2n) is 6.03. The molecule has 0 atom stereocenters. The molecule has 0 aliphatic heterocycles. The van der Waals surface area contributed by atoms with Crippen molar-refractivity contribution in [2.24, 2.45) is 0 Å². The van der Waals surface area contributed by atoms with Crippen LogP contribution in [0.5, 0.6) is 11.5 Å². The largest absolute Gasteiger partial charge is 0.496 e. The van der Waals surface area contributed by atoms with Crippen molar-refractivity contribution in [3.05, 3.63) is 82.8 Å². The van der Waals surface area contributed by atoms with E-state index in [-0.39, 0.29) is 6.61 Å². The first kappa shape index (κ1) is 20.4. The zero-order valence-corrected chi connectivity index (χ0v) is 17.2. The Kier molecular flexibility index (Phi) is 6.86. The Morgan fingerprint density at radius 2 is 1.59 bits per heavy atom. The SMILES string of the molecule is COc1ccc(Br)cc1C(=O)NNC(=O)COc1ccc(-c2ccccc2)cc1. The quantitative estimate of drug-likeness (QED) is 0.552. The molecule has 3 aromatic carbocycles. The number of rotatable bonds is 6. The number of methoxy groups -OCH3 is 1. The highest BCUT2D eigenvalue weighted by atomic mass is 79.9. The molecule has 7 heteroatoms. The van der Waals surface area contributed by atoms with E-state index in [0.29, 0.717) is 17.1 Å². The topological polar surface area (TPSA) is 76.7 Å². The van der Waals surface area contributed by atoms with Crippen LogP contribution in [-0.4, -0.2) is 25.5 Å². The summed E-state index contributed by atoms with van der Waals surface area (Å²) >= 11 is 3.30. The monoisotopic (exact) mass is 454 g/mol. The Morgan fingerprint density at radius 1 is 0.897 bits per heavy atom. The van der Waals surface area contributed by atoms with E-state index in [0.717, 1.165) is 15.6 Å². The number of carbonyl (C=O) groups is 2. The molecule has 0 aliphatic carbocycles. The maximum absolute atomic E-state index is 12.3. The van der Waals surface area contributed by atoms with E-state index in [4.69, 9.17) is 9.47 Å². The number of benzene rings is 3. The van der Waals surface area contributed by atoms with Crippen molar-refractivity contribution in [2.45, 2.75) is 0 Å². The van der Waals surface area contributed by atoms with Crippen LogP contribution in [0.15, 0.2) is 77.3 Å². The molecule has 0 radical (unpaired) electrons. The van der Waals surface area contributed by atoms with Crippen LogP contribution >= 0.6 is 15.9 Å². The molecular formula is C22H19BrN2O4. The van der Waals surface area contributed by atoms with Crippen LogP contribution in [0, 0.1) is 0 Å². The minimum atomic E-state index is -0.497. The molecule has 3 aromatic rings. The summed E-state index contributed by atoms with van der Waals surface area (Å²) in [7, 11) is 1.47. The van der Waals surface area contributed by atoms with E-state index in [1.165, 1.54) is 7.11 Å². The van der Waals surface area contributed by atoms with Gasteiger partial charge < -0.3 is 9.47 Å². The number of halogens is 1. The summed E-state index contributed by atoms with van der Waals surface area (Å²) in [6.07, 6.45) is 0.